The molecule has 1 aromatic heterocycles. The number of pyridine rings is 1. The lowest BCUT2D eigenvalue weighted by Gasteiger charge is -2.42. The Labute approximate surface area is 117 Å². The molecule has 0 saturated carbocycles. The van der Waals surface area contributed by atoms with Crippen LogP contribution in [0.1, 0.15) is 57.3 Å². The van der Waals surface area contributed by atoms with Crippen LogP contribution in [0.4, 0.5) is 0 Å². The molecule has 0 spiro atoms. The van der Waals surface area contributed by atoms with Gasteiger partial charge < -0.3 is 5.73 Å². The summed E-state index contributed by atoms with van der Waals surface area (Å²) in [5.74, 6) is 0. The first kappa shape index (κ1) is 14.5. The van der Waals surface area contributed by atoms with E-state index in [9.17, 15) is 0 Å². The number of aromatic nitrogens is 1. The van der Waals surface area contributed by atoms with Crippen molar-refractivity contribution in [3.63, 3.8) is 0 Å². The zero-order chi connectivity index (χ0) is 14.0. The standard InChI is InChI=1S/C16H27N3/c1-12-8-9-14(18-11-12)15-13(17)7-5-6-10-19(15)16(2,3)4/h8-9,11,13,15H,5-7,10,17H2,1-4H3. The van der Waals surface area contributed by atoms with Gasteiger partial charge in [-0.15, -0.1) is 0 Å². The molecule has 2 N–H and O–H groups in total. The van der Waals surface area contributed by atoms with Crippen LogP contribution in [0.5, 0.6) is 0 Å². The lowest BCUT2D eigenvalue weighted by atomic mass is 9.95. The quantitative estimate of drug-likeness (QED) is 0.845. The van der Waals surface area contributed by atoms with E-state index >= 15 is 0 Å². The van der Waals surface area contributed by atoms with Gasteiger partial charge in [0.2, 0.25) is 0 Å². The van der Waals surface area contributed by atoms with Gasteiger partial charge in [-0.25, -0.2) is 0 Å². The molecule has 19 heavy (non-hydrogen) atoms. The Bertz CT molecular complexity index is 405. The van der Waals surface area contributed by atoms with Crippen LogP contribution in [-0.4, -0.2) is 28.0 Å². The number of hydrogen-bond acceptors (Lipinski definition) is 3. The lowest BCUT2D eigenvalue weighted by Crippen LogP contribution is -2.49. The van der Waals surface area contributed by atoms with Gasteiger partial charge in [-0.3, -0.25) is 9.88 Å². The monoisotopic (exact) mass is 261 g/mol. The molecule has 2 rings (SSSR count). The summed E-state index contributed by atoms with van der Waals surface area (Å²) < 4.78 is 0. The maximum Gasteiger partial charge on any atom is 0.0677 e. The average Bonchev–Trinajstić information content (AvgIpc) is 2.52. The second-order valence-corrected chi connectivity index (χ2v) is 6.73. The summed E-state index contributed by atoms with van der Waals surface area (Å²) in [6.45, 7) is 9.99. The Kier molecular flexibility index (Phi) is 4.26. The van der Waals surface area contributed by atoms with E-state index in [1.807, 2.05) is 6.20 Å². The highest BCUT2D eigenvalue weighted by molar-refractivity contribution is 5.17. The molecule has 3 heteroatoms. The Balaban J connectivity index is 2.36. The van der Waals surface area contributed by atoms with Gasteiger partial charge in [0.15, 0.2) is 0 Å². The molecule has 2 heterocycles. The Morgan fingerprint density at radius 3 is 2.58 bits per heavy atom. The number of nitrogens with two attached hydrogens (primary N) is 1. The van der Waals surface area contributed by atoms with Crippen molar-refractivity contribution in [2.45, 2.75) is 64.6 Å². The van der Waals surface area contributed by atoms with Crippen molar-refractivity contribution in [2.75, 3.05) is 6.54 Å². The van der Waals surface area contributed by atoms with Crippen LogP contribution in [0, 0.1) is 6.92 Å². The Hall–Kier alpha value is -0.930. The van der Waals surface area contributed by atoms with Crippen LogP contribution < -0.4 is 5.73 Å². The van der Waals surface area contributed by atoms with Crippen LogP contribution in [0.2, 0.25) is 0 Å². The maximum atomic E-state index is 6.45. The van der Waals surface area contributed by atoms with Crippen molar-refractivity contribution in [3.8, 4) is 0 Å². The lowest BCUT2D eigenvalue weighted by molar-refractivity contribution is 0.0732. The predicted molar refractivity (Wildman–Crippen MR) is 80.0 cm³/mol. The fraction of sp³-hybridized carbons (Fsp3) is 0.688. The topological polar surface area (TPSA) is 42.1 Å². The van der Waals surface area contributed by atoms with Crippen molar-refractivity contribution in [1.82, 2.24) is 9.88 Å². The summed E-state index contributed by atoms with van der Waals surface area (Å²) in [4.78, 5) is 7.17. The van der Waals surface area contributed by atoms with Gasteiger partial charge in [-0.2, -0.15) is 0 Å². The average molecular weight is 261 g/mol. The largest absolute Gasteiger partial charge is 0.326 e. The second-order valence-electron chi connectivity index (χ2n) is 6.73. The molecule has 0 aromatic carbocycles. The van der Waals surface area contributed by atoms with E-state index in [0.717, 1.165) is 18.7 Å². The third-order valence-electron chi connectivity index (χ3n) is 4.03. The molecule has 0 amide bonds. The molecule has 2 atom stereocenters. The molecule has 106 valence electrons. The Morgan fingerprint density at radius 2 is 2.00 bits per heavy atom. The van der Waals surface area contributed by atoms with Crippen LogP contribution in [0.15, 0.2) is 18.3 Å². The van der Waals surface area contributed by atoms with E-state index in [2.05, 4.69) is 49.7 Å². The molecule has 1 saturated heterocycles. The first-order valence-electron chi connectivity index (χ1n) is 7.34. The van der Waals surface area contributed by atoms with Crippen molar-refractivity contribution in [3.05, 3.63) is 29.6 Å². The first-order chi connectivity index (χ1) is 8.89. The van der Waals surface area contributed by atoms with Gasteiger partial charge in [0, 0.05) is 17.8 Å². The molecule has 0 aliphatic carbocycles. The summed E-state index contributed by atoms with van der Waals surface area (Å²) >= 11 is 0. The van der Waals surface area contributed by atoms with Gasteiger partial charge in [0.05, 0.1) is 11.7 Å². The summed E-state index contributed by atoms with van der Waals surface area (Å²) in [5.41, 5.74) is 8.90. The molecule has 1 aliphatic rings. The van der Waals surface area contributed by atoms with E-state index in [1.54, 1.807) is 0 Å². The van der Waals surface area contributed by atoms with E-state index in [1.165, 1.54) is 18.4 Å². The van der Waals surface area contributed by atoms with Crippen LogP contribution in [0.3, 0.4) is 0 Å². The highest BCUT2D eigenvalue weighted by atomic mass is 15.2. The summed E-state index contributed by atoms with van der Waals surface area (Å²) in [7, 11) is 0. The highest BCUT2D eigenvalue weighted by Gasteiger charge is 2.35. The van der Waals surface area contributed by atoms with E-state index < -0.39 is 0 Å². The SMILES string of the molecule is Cc1ccc(C2C(N)CCCCN2C(C)(C)C)nc1. The summed E-state index contributed by atoms with van der Waals surface area (Å²) in [5, 5.41) is 0. The molecule has 1 fully saturated rings. The maximum absolute atomic E-state index is 6.45. The zero-order valence-corrected chi connectivity index (χ0v) is 12.7. The van der Waals surface area contributed by atoms with Crippen LogP contribution in [-0.2, 0) is 0 Å². The third-order valence-corrected chi connectivity index (χ3v) is 4.03. The van der Waals surface area contributed by atoms with E-state index in [0.29, 0.717) is 0 Å². The van der Waals surface area contributed by atoms with E-state index in [4.69, 9.17) is 5.73 Å². The number of likely N-dealkylation sites (tertiary alicyclic amines) is 1. The molecule has 1 aliphatic heterocycles. The predicted octanol–water partition coefficient (Wildman–Crippen LogP) is 3.04. The second kappa shape index (κ2) is 5.59. The third kappa shape index (κ3) is 3.34. The number of rotatable bonds is 1. The Morgan fingerprint density at radius 1 is 1.26 bits per heavy atom. The van der Waals surface area contributed by atoms with Crippen LogP contribution in [0.25, 0.3) is 0 Å². The minimum absolute atomic E-state index is 0.124. The molecule has 3 nitrogen and oxygen atoms in total. The minimum atomic E-state index is 0.124. The van der Waals surface area contributed by atoms with E-state index in [-0.39, 0.29) is 17.6 Å². The van der Waals surface area contributed by atoms with Crippen molar-refractivity contribution >= 4 is 0 Å². The number of hydrogen-bond donors (Lipinski definition) is 1. The van der Waals surface area contributed by atoms with Gasteiger partial charge in [0.1, 0.15) is 0 Å². The molecule has 1 aromatic rings. The fourth-order valence-corrected chi connectivity index (χ4v) is 2.98. The van der Waals surface area contributed by atoms with Crippen molar-refractivity contribution in [1.29, 1.82) is 0 Å². The molecule has 0 radical (unpaired) electrons. The van der Waals surface area contributed by atoms with Gasteiger partial charge in [-0.05, 0) is 58.7 Å². The minimum Gasteiger partial charge on any atom is -0.326 e. The molecular formula is C16H27N3. The zero-order valence-electron chi connectivity index (χ0n) is 12.7. The smallest absolute Gasteiger partial charge is 0.0677 e. The van der Waals surface area contributed by atoms with Crippen molar-refractivity contribution < 1.29 is 0 Å². The van der Waals surface area contributed by atoms with Crippen LogP contribution >= 0.6 is 0 Å². The first-order valence-corrected chi connectivity index (χ1v) is 7.34. The van der Waals surface area contributed by atoms with Gasteiger partial charge >= 0.3 is 0 Å². The van der Waals surface area contributed by atoms with Gasteiger partial charge in [0.25, 0.3) is 0 Å². The number of nitrogens with zero attached hydrogens (tertiary/aromatic N) is 2. The highest BCUT2D eigenvalue weighted by Crippen LogP contribution is 2.33. The molecule has 0 bridgehead atoms. The van der Waals surface area contributed by atoms with Gasteiger partial charge in [-0.1, -0.05) is 12.5 Å². The summed E-state index contributed by atoms with van der Waals surface area (Å²) in [6, 6.07) is 4.70. The molecule has 2 unspecified atom stereocenters. The summed E-state index contributed by atoms with van der Waals surface area (Å²) in [6.07, 6.45) is 5.49. The normalized spacial score (nSPS) is 26.2. The number of aryl methyl sites for hydroxylation is 1. The fourth-order valence-electron chi connectivity index (χ4n) is 2.98. The molecular weight excluding hydrogens is 234 g/mol. The van der Waals surface area contributed by atoms with Crippen molar-refractivity contribution in [2.24, 2.45) is 5.73 Å².